The molecule has 0 atom stereocenters. The van der Waals surface area contributed by atoms with Crippen LogP contribution in [0.5, 0.6) is 0 Å². The van der Waals surface area contributed by atoms with Gasteiger partial charge in [0.25, 0.3) is 0 Å². The summed E-state index contributed by atoms with van der Waals surface area (Å²) < 4.78 is 1.92. The fourth-order valence-electron chi connectivity index (χ4n) is 2.03. The third kappa shape index (κ3) is 2.75. The van der Waals surface area contributed by atoms with Crippen LogP contribution >= 0.6 is 47.2 Å². The summed E-state index contributed by atoms with van der Waals surface area (Å²) in [7, 11) is 0. The first-order valence-electron chi connectivity index (χ1n) is 5.67. The lowest BCUT2D eigenvalue weighted by molar-refractivity contribution is 1.09. The number of halogens is 4. The van der Waals surface area contributed by atoms with Crippen LogP contribution in [-0.2, 0) is 5.88 Å². The highest BCUT2D eigenvalue weighted by molar-refractivity contribution is 6.30. The second kappa shape index (κ2) is 6.23. The zero-order valence-corrected chi connectivity index (χ0v) is 13.3. The molecule has 0 radical (unpaired) electrons. The van der Waals surface area contributed by atoms with Gasteiger partial charge in [-0.2, -0.15) is 0 Å². The summed E-state index contributed by atoms with van der Waals surface area (Å²) in [5, 5.41) is 1.35. The molecule has 0 aliphatic carbocycles. The molecule has 0 fully saturated rings. The molecule has 20 heavy (non-hydrogen) atoms. The Morgan fingerprint density at radius 1 is 0.950 bits per heavy atom. The lowest BCUT2D eigenvalue weighted by Crippen LogP contribution is -1.91. The van der Waals surface area contributed by atoms with Crippen molar-refractivity contribution in [3.8, 4) is 11.3 Å². The number of hydrogen-bond acceptors (Lipinski definition) is 1. The summed E-state index contributed by atoms with van der Waals surface area (Å²) >= 11 is 18.0. The van der Waals surface area contributed by atoms with Gasteiger partial charge in [0.1, 0.15) is 5.65 Å². The fraction of sp³-hybridized carbons (Fsp3) is 0.0714. The molecule has 1 aromatic carbocycles. The topological polar surface area (TPSA) is 17.3 Å². The van der Waals surface area contributed by atoms with Gasteiger partial charge >= 0.3 is 0 Å². The Hall–Kier alpha value is -0.930. The van der Waals surface area contributed by atoms with Crippen LogP contribution in [0.3, 0.4) is 0 Å². The Morgan fingerprint density at radius 3 is 2.25 bits per heavy atom. The molecule has 6 heteroatoms. The van der Waals surface area contributed by atoms with Crippen LogP contribution in [0, 0.1) is 0 Å². The van der Waals surface area contributed by atoms with Gasteiger partial charge in [-0.15, -0.1) is 24.0 Å². The molecular weight excluding hydrogens is 338 g/mol. The van der Waals surface area contributed by atoms with Gasteiger partial charge in [-0.3, -0.25) is 0 Å². The lowest BCUT2D eigenvalue weighted by Gasteiger charge is -2.02. The summed E-state index contributed by atoms with van der Waals surface area (Å²) in [6.07, 6.45) is 1.82. The van der Waals surface area contributed by atoms with Gasteiger partial charge in [0.2, 0.25) is 0 Å². The van der Waals surface area contributed by atoms with Gasteiger partial charge < -0.3 is 4.40 Å². The van der Waals surface area contributed by atoms with Gasteiger partial charge in [-0.1, -0.05) is 35.3 Å². The molecule has 2 nitrogen and oxygen atoms in total. The van der Waals surface area contributed by atoms with Crippen molar-refractivity contribution in [1.82, 2.24) is 9.38 Å². The molecular formula is C14H10Cl4N2. The molecule has 0 bridgehead atoms. The van der Waals surface area contributed by atoms with Gasteiger partial charge in [0, 0.05) is 16.8 Å². The number of fused-ring (bicyclic) bond motifs is 1. The number of hydrogen-bond donors (Lipinski definition) is 0. The van der Waals surface area contributed by atoms with Gasteiger partial charge in [0.05, 0.1) is 22.3 Å². The molecule has 104 valence electrons. The smallest absolute Gasteiger partial charge is 0.137 e. The van der Waals surface area contributed by atoms with Crippen molar-refractivity contribution >= 4 is 52.9 Å². The van der Waals surface area contributed by atoms with E-state index in [4.69, 9.17) is 34.8 Å². The molecule has 0 N–H and O–H groups in total. The third-order valence-corrected chi connectivity index (χ3v) is 3.65. The predicted molar refractivity (Wildman–Crippen MR) is 87.5 cm³/mol. The number of alkyl halides is 1. The maximum absolute atomic E-state index is 6.06. The van der Waals surface area contributed by atoms with Crippen molar-refractivity contribution in [2.75, 3.05) is 0 Å². The summed E-state index contributed by atoms with van der Waals surface area (Å²) in [4.78, 5) is 4.60. The van der Waals surface area contributed by atoms with Crippen LogP contribution in [0.1, 0.15) is 5.69 Å². The Morgan fingerprint density at radius 2 is 1.60 bits per heavy atom. The molecule has 3 rings (SSSR count). The Kier molecular flexibility index (Phi) is 4.82. The maximum Gasteiger partial charge on any atom is 0.137 e. The minimum atomic E-state index is 0. The van der Waals surface area contributed by atoms with Crippen molar-refractivity contribution in [3.05, 3.63) is 58.3 Å². The standard InChI is InChI=1S/C14H9Cl3N2.ClH/c15-7-12-14(9-1-3-10(16)4-2-9)18-13-6-5-11(17)8-19(12)13;/h1-6,8H,7H2;1H. The average Bonchev–Trinajstić information content (AvgIpc) is 2.77. The number of benzene rings is 1. The zero-order chi connectivity index (χ0) is 13.4. The van der Waals surface area contributed by atoms with Gasteiger partial charge in [0.15, 0.2) is 0 Å². The number of nitrogens with zero attached hydrogens (tertiary/aromatic N) is 2. The van der Waals surface area contributed by atoms with E-state index >= 15 is 0 Å². The van der Waals surface area contributed by atoms with E-state index in [0.717, 1.165) is 22.6 Å². The van der Waals surface area contributed by atoms with Crippen molar-refractivity contribution < 1.29 is 0 Å². The minimum absolute atomic E-state index is 0. The Bertz CT molecular complexity index is 735. The fourth-order valence-corrected chi connectivity index (χ4v) is 2.58. The SMILES string of the molecule is Cl.ClCc1c(-c2ccc(Cl)cc2)nc2ccc(Cl)cn12. The van der Waals surface area contributed by atoms with E-state index in [1.165, 1.54) is 0 Å². The van der Waals surface area contributed by atoms with E-state index < -0.39 is 0 Å². The van der Waals surface area contributed by atoms with E-state index in [2.05, 4.69) is 4.98 Å². The molecule has 0 aliphatic rings. The number of pyridine rings is 1. The van der Waals surface area contributed by atoms with Gasteiger partial charge in [-0.05, 0) is 24.3 Å². The highest BCUT2D eigenvalue weighted by Gasteiger charge is 2.13. The van der Waals surface area contributed by atoms with Crippen molar-refractivity contribution in [2.24, 2.45) is 0 Å². The predicted octanol–water partition coefficient (Wildman–Crippen LogP) is 5.47. The summed E-state index contributed by atoms with van der Waals surface area (Å²) in [6.45, 7) is 0. The van der Waals surface area contributed by atoms with Crippen LogP contribution < -0.4 is 0 Å². The first-order chi connectivity index (χ1) is 9.19. The first-order valence-corrected chi connectivity index (χ1v) is 6.96. The first kappa shape index (κ1) is 15.5. The monoisotopic (exact) mass is 346 g/mol. The molecule has 0 unspecified atom stereocenters. The number of imidazole rings is 1. The third-order valence-electron chi connectivity index (χ3n) is 2.93. The van der Waals surface area contributed by atoms with Crippen LogP contribution in [0.15, 0.2) is 42.6 Å². The average molecular weight is 348 g/mol. The Labute approximate surface area is 137 Å². The minimum Gasteiger partial charge on any atom is -0.301 e. The van der Waals surface area contributed by atoms with E-state index in [9.17, 15) is 0 Å². The normalized spacial score (nSPS) is 10.6. The highest BCUT2D eigenvalue weighted by atomic mass is 35.5. The van der Waals surface area contributed by atoms with Crippen molar-refractivity contribution in [3.63, 3.8) is 0 Å². The van der Waals surface area contributed by atoms with Crippen LogP contribution in [0.2, 0.25) is 10.0 Å². The van der Waals surface area contributed by atoms with E-state index in [1.807, 2.05) is 47.0 Å². The molecule has 0 saturated heterocycles. The maximum atomic E-state index is 6.06. The lowest BCUT2D eigenvalue weighted by atomic mass is 10.1. The molecule has 0 amide bonds. The summed E-state index contributed by atoms with van der Waals surface area (Å²) in [5.74, 6) is 0.361. The molecule has 0 saturated carbocycles. The second-order valence-electron chi connectivity index (χ2n) is 4.12. The van der Waals surface area contributed by atoms with Crippen LogP contribution in [0.4, 0.5) is 0 Å². The largest absolute Gasteiger partial charge is 0.301 e. The van der Waals surface area contributed by atoms with E-state index in [-0.39, 0.29) is 12.4 Å². The molecule has 2 aromatic heterocycles. The second-order valence-corrected chi connectivity index (χ2v) is 5.26. The van der Waals surface area contributed by atoms with Gasteiger partial charge in [-0.25, -0.2) is 4.98 Å². The molecule has 2 heterocycles. The van der Waals surface area contributed by atoms with E-state index in [1.54, 1.807) is 0 Å². The Balaban J connectivity index is 0.00000147. The van der Waals surface area contributed by atoms with Crippen molar-refractivity contribution in [1.29, 1.82) is 0 Å². The van der Waals surface area contributed by atoms with E-state index in [0.29, 0.717) is 15.9 Å². The zero-order valence-electron chi connectivity index (χ0n) is 10.2. The number of aromatic nitrogens is 2. The molecule has 0 spiro atoms. The van der Waals surface area contributed by atoms with Crippen LogP contribution in [-0.4, -0.2) is 9.38 Å². The molecule has 0 aliphatic heterocycles. The quantitative estimate of drug-likeness (QED) is 0.562. The summed E-state index contributed by atoms with van der Waals surface area (Å²) in [5.41, 5.74) is 3.58. The summed E-state index contributed by atoms with van der Waals surface area (Å²) in [6, 6.07) is 11.2. The van der Waals surface area contributed by atoms with Crippen LogP contribution in [0.25, 0.3) is 16.9 Å². The molecule has 3 aromatic rings. The highest BCUT2D eigenvalue weighted by Crippen LogP contribution is 2.27. The van der Waals surface area contributed by atoms with Crippen molar-refractivity contribution in [2.45, 2.75) is 5.88 Å². The number of rotatable bonds is 2.